The molecule has 0 aliphatic carbocycles. The Morgan fingerprint density at radius 1 is 1.56 bits per heavy atom. The lowest BCUT2D eigenvalue weighted by atomic mass is 10.2. The Morgan fingerprint density at radius 3 is 2.62 bits per heavy atom. The second kappa shape index (κ2) is 4.67. The second-order valence-electron chi connectivity index (χ2n) is 2.89. The van der Waals surface area contributed by atoms with E-state index in [2.05, 4.69) is 4.98 Å². The van der Waals surface area contributed by atoms with E-state index >= 15 is 0 Å². The molecule has 0 fully saturated rings. The molecule has 8 heteroatoms. The number of carbonyl (C=O) groups is 1. The van der Waals surface area contributed by atoms with Gasteiger partial charge in [-0.3, -0.25) is 15.2 Å². The number of rotatable bonds is 2. The van der Waals surface area contributed by atoms with Crippen molar-refractivity contribution in [3.63, 3.8) is 0 Å². The van der Waals surface area contributed by atoms with Crippen LogP contribution in [0.1, 0.15) is 11.3 Å². The third kappa shape index (κ3) is 3.07. The Labute approximate surface area is 93.6 Å². The molecular formula is C8H7ClF3N3O. The predicted octanol–water partition coefficient (Wildman–Crippen LogP) is 1.29. The first-order valence-electron chi connectivity index (χ1n) is 4.05. The van der Waals surface area contributed by atoms with Crippen molar-refractivity contribution in [2.75, 3.05) is 0 Å². The highest BCUT2D eigenvalue weighted by Crippen LogP contribution is 2.31. The largest absolute Gasteiger partial charge is 0.417 e. The van der Waals surface area contributed by atoms with E-state index in [1.807, 2.05) is 5.43 Å². The summed E-state index contributed by atoms with van der Waals surface area (Å²) in [6.07, 6.45) is -4.16. The highest BCUT2D eigenvalue weighted by Gasteiger charge is 2.31. The van der Waals surface area contributed by atoms with Gasteiger partial charge in [-0.2, -0.15) is 13.2 Å². The lowest BCUT2D eigenvalue weighted by Crippen LogP contribution is -2.31. The van der Waals surface area contributed by atoms with E-state index < -0.39 is 17.6 Å². The van der Waals surface area contributed by atoms with Gasteiger partial charge in [-0.1, -0.05) is 11.6 Å². The summed E-state index contributed by atoms with van der Waals surface area (Å²) in [6.45, 7) is 0. The summed E-state index contributed by atoms with van der Waals surface area (Å²) in [4.78, 5) is 14.3. The van der Waals surface area contributed by atoms with Gasteiger partial charge in [0.05, 0.1) is 22.7 Å². The van der Waals surface area contributed by atoms with E-state index in [0.29, 0.717) is 12.3 Å². The van der Waals surface area contributed by atoms with Gasteiger partial charge in [-0.25, -0.2) is 5.84 Å². The number of alkyl halides is 3. The standard InChI is InChI=1S/C8H7ClF3N3O/c9-5-1-4(8(10,11)12)3-14-6(5)2-7(16)15-13/h1,3H,2,13H2,(H,15,16). The lowest BCUT2D eigenvalue weighted by Gasteiger charge is -2.08. The third-order valence-electron chi connectivity index (χ3n) is 1.73. The molecule has 0 unspecified atom stereocenters. The molecular weight excluding hydrogens is 247 g/mol. The molecule has 88 valence electrons. The van der Waals surface area contributed by atoms with Crippen LogP contribution in [0.2, 0.25) is 5.02 Å². The molecule has 4 nitrogen and oxygen atoms in total. The van der Waals surface area contributed by atoms with Gasteiger partial charge in [-0.15, -0.1) is 0 Å². The first-order chi connectivity index (χ1) is 7.34. The molecule has 0 aliphatic heterocycles. The number of hydrogen-bond acceptors (Lipinski definition) is 3. The van der Waals surface area contributed by atoms with Gasteiger partial charge in [0.25, 0.3) is 0 Å². The normalized spacial score (nSPS) is 11.3. The Morgan fingerprint density at radius 2 is 2.19 bits per heavy atom. The topological polar surface area (TPSA) is 68.0 Å². The molecule has 0 bridgehead atoms. The number of amides is 1. The van der Waals surface area contributed by atoms with Crippen molar-refractivity contribution in [2.45, 2.75) is 12.6 Å². The molecule has 0 aromatic carbocycles. The number of hydrogen-bond donors (Lipinski definition) is 2. The summed E-state index contributed by atoms with van der Waals surface area (Å²) in [5, 5.41) is -0.224. The van der Waals surface area contributed by atoms with Crippen molar-refractivity contribution in [2.24, 2.45) is 5.84 Å². The maximum absolute atomic E-state index is 12.2. The van der Waals surface area contributed by atoms with E-state index in [1.165, 1.54) is 0 Å². The van der Waals surface area contributed by atoms with Crippen LogP contribution in [-0.4, -0.2) is 10.9 Å². The zero-order valence-electron chi connectivity index (χ0n) is 7.81. The zero-order valence-corrected chi connectivity index (χ0v) is 8.56. The monoisotopic (exact) mass is 253 g/mol. The van der Waals surface area contributed by atoms with Gasteiger partial charge in [0.15, 0.2) is 0 Å². The quantitative estimate of drug-likeness (QED) is 0.474. The van der Waals surface area contributed by atoms with E-state index in [0.717, 1.165) is 0 Å². The maximum Gasteiger partial charge on any atom is 0.417 e. The summed E-state index contributed by atoms with van der Waals surface area (Å²) in [5.41, 5.74) is 0.902. The first-order valence-corrected chi connectivity index (χ1v) is 4.43. The van der Waals surface area contributed by atoms with E-state index in [9.17, 15) is 18.0 Å². The molecule has 16 heavy (non-hydrogen) atoms. The van der Waals surface area contributed by atoms with Crippen molar-refractivity contribution in [1.29, 1.82) is 0 Å². The average Bonchev–Trinajstić information content (AvgIpc) is 2.19. The first kappa shape index (κ1) is 12.7. The number of nitrogens with zero attached hydrogens (tertiary/aromatic N) is 1. The molecule has 1 amide bonds. The van der Waals surface area contributed by atoms with E-state index in [4.69, 9.17) is 17.4 Å². The summed E-state index contributed by atoms with van der Waals surface area (Å²) < 4.78 is 36.7. The third-order valence-corrected chi connectivity index (χ3v) is 2.06. The molecule has 1 aromatic heterocycles. The van der Waals surface area contributed by atoms with Gasteiger partial charge >= 0.3 is 6.18 Å². The molecule has 0 aliphatic rings. The summed E-state index contributed by atoms with van der Waals surface area (Å²) in [6, 6.07) is 0.716. The van der Waals surface area contributed by atoms with Crippen LogP contribution in [0.4, 0.5) is 13.2 Å². The van der Waals surface area contributed by atoms with Gasteiger partial charge < -0.3 is 0 Å². The summed E-state index contributed by atoms with van der Waals surface area (Å²) >= 11 is 5.55. The maximum atomic E-state index is 12.2. The molecule has 1 aromatic rings. The van der Waals surface area contributed by atoms with Crippen LogP contribution in [0, 0.1) is 0 Å². The SMILES string of the molecule is NNC(=O)Cc1ncc(C(F)(F)F)cc1Cl. The van der Waals surface area contributed by atoms with Crippen LogP contribution in [0.25, 0.3) is 0 Å². The molecule has 0 spiro atoms. The Hall–Kier alpha value is -1.34. The number of nitrogens with two attached hydrogens (primary N) is 1. The van der Waals surface area contributed by atoms with Crippen LogP contribution in [0.5, 0.6) is 0 Å². The fraction of sp³-hybridized carbons (Fsp3) is 0.250. The molecule has 1 rings (SSSR count). The highest BCUT2D eigenvalue weighted by atomic mass is 35.5. The molecule has 1 heterocycles. The fourth-order valence-corrected chi connectivity index (χ4v) is 1.19. The van der Waals surface area contributed by atoms with Crippen molar-refractivity contribution in [1.82, 2.24) is 10.4 Å². The summed E-state index contributed by atoms with van der Waals surface area (Å²) in [5.74, 6) is 4.23. The molecule has 0 saturated carbocycles. The number of nitrogens with one attached hydrogen (secondary N) is 1. The lowest BCUT2D eigenvalue weighted by molar-refractivity contribution is -0.137. The number of aromatic nitrogens is 1. The Balaban J connectivity index is 2.96. The Kier molecular flexibility index (Phi) is 3.71. The smallest absolute Gasteiger partial charge is 0.294 e. The minimum atomic E-state index is -4.51. The van der Waals surface area contributed by atoms with Crippen LogP contribution < -0.4 is 11.3 Å². The zero-order chi connectivity index (χ0) is 12.3. The van der Waals surface area contributed by atoms with Gasteiger partial charge in [0.1, 0.15) is 0 Å². The minimum Gasteiger partial charge on any atom is -0.294 e. The molecule has 0 atom stereocenters. The summed E-state index contributed by atoms with van der Waals surface area (Å²) in [7, 11) is 0. The van der Waals surface area contributed by atoms with E-state index in [1.54, 1.807) is 0 Å². The molecule has 0 saturated heterocycles. The van der Waals surface area contributed by atoms with Gasteiger partial charge in [0, 0.05) is 6.20 Å². The minimum absolute atomic E-state index is 0.0395. The van der Waals surface area contributed by atoms with Crippen molar-refractivity contribution in [3.8, 4) is 0 Å². The van der Waals surface area contributed by atoms with Crippen molar-refractivity contribution in [3.05, 3.63) is 28.5 Å². The molecule has 3 N–H and O–H groups in total. The van der Waals surface area contributed by atoms with Crippen LogP contribution in [0.15, 0.2) is 12.3 Å². The fourth-order valence-electron chi connectivity index (χ4n) is 0.954. The van der Waals surface area contributed by atoms with Crippen molar-refractivity contribution < 1.29 is 18.0 Å². The van der Waals surface area contributed by atoms with E-state index in [-0.39, 0.29) is 17.1 Å². The predicted molar refractivity (Wildman–Crippen MR) is 50.3 cm³/mol. The number of pyridine rings is 1. The van der Waals surface area contributed by atoms with Gasteiger partial charge in [0.2, 0.25) is 5.91 Å². The van der Waals surface area contributed by atoms with Crippen LogP contribution in [0.3, 0.4) is 0 Å². The van der Waals surface area contributed by atoms with Gasteiger partial charge in [-0.05, 0) is 6.07 Å². The highest BCUT2D eigenvalue weighted by molar-refractivity contribution is 6.31. The average molecular weight is 254 g/mol. The number of hydrazine groups is 1. The second-order valence-corrected chi connectivity index (χ2v) is 3.30. The van der Waals surface area contributed by atoms with Crippen molar-refractivity contribution >= 4 is 17.5 Å². The number of carbonyl (C=O) groups excluding carboxylic acids is 1. The molecule has 0 radical (unpaired) electrons. The van der Waals surface area contributed by atoms with Crippen LogP contribution >= 0.6 is 11.6 Å². The number of halogens is 4. The van der Waals surface area contributed by atoms with Crippen LogP contribution in [-0.2, 0) is 17.4 Å². The Bertz CT molecular complexity index is 408.